The summed E-state index contributed by atoms with van der Waals surface area (Å²) in [6.45, 7) is 0.481. The molecule has 0 radical (unpaired) electrons. The van der Waals surface area contributed by atoms with Crippen molar-refractivity contribution in [3.8, 4) is 5.75 Å². The van der Waals surface area contributed by atoms with Crippen molar-refractivity contribution in [2.75, 3.05) is 6.61 Å². The van der Waals surface area contributed by atoms with Crippen molar-refractivity contribution < 1.29 is 45.4 Å². The Labute approximate surface area is 193 Å². The van der Waals surface area contributed by atoms with E-state index in [-0.39, 0.29) is 11.3 Å². The Balaban J connectivity index is 1.98. The highest BCUT2D eigenvalue weighted by atomic mass is 35.5. The van der Waals surface area contributed by atoms with E-state index in [1.54, 1.807) is 6.92 Å². The van der Waals surface area contributed by atoms with Gasteiger partial charge in [-0.3, -0.25) is 4.79 Å². The van der Waals surface area contributed by atoms with E-state index in [4.69, 9.17) is 16.3 Å². The number of hydrazone groups is 1. The van der Waals surface area contributed by atoms with Gasteiger partial charge in [-0.15, -0.1) is 0 Å². The van der Waals surface area contributed by atoms with Gasteiger partial charge in [-0.25, -0.2) is 0 Å². The molecule has 0 saturated carbocycles. The van der Waals surface area contributed by atoms with Crippen LogP contribution in [0.15, 0.2) is 53.6 Å². The summed E-state index contributed by atoms with van der Waals surface area (Å²) >= 11 is 5.86. The molecule has 1 amide bonds. The average molecular weight is 513 g/mol. The lowest BCUT2D eigenvalue weighted by molar-refractivity contribution is -0.401. The summed E-state index contributed by atoms with van der Waals surface area (Å²) in [5.74, 6) is -14.4. The van der Waals surface area contributed by atoms with Gasteiger partial charge < -0.3 is 9.84 Å². The summed E-state index contributed by atoms with van der Waals surface area (Å²) in [6.07, 6.45) is -8.23. The van der Waals surface area contributed by atoms with Crippen LogP contribution in [0.25, 0.3) is 0 Å². The zero-order chi connectivity index (χ0) is 25.5. The van der Waals surface area contributed by atoms with Gasteiger partial charge in [-0.2, -0.15) is 40.8 Å². The summed E-state index contributed by atoms with van der Waals surface area (Å²) in [6, 6.07) is 11.0. The Hall–Kier alpha value is -2.86. The minimum absolute atomic E-state index is 0.0246. The number of amides is 1. The quantitative estimate of drug-likeness (QED) is 0.542. The summed E-state index contributed by atoms with van der Waals surface area (Å²) < 4.78 is 101. The second kappa shape index (κ2) is 8.73. The maximum atomic E-state index is 14.7. The van der Waals surface area contributed by atoms with Crippen LogP contribution < -0.4 is 4.74 Å². The van der Waals surface area contributed by atoms with Gasteiger partial charge in [0.05, 0.1) is 5.71 Å². The van der Waals surface area contributed by atoms with Gasteiger partial charge in [0.25, 0.3) is 5.91 Å². The van der Waals surface area contributed by atoms with Crippen molar-refractivity contribution in [2.24, 2.45) is 5.10 Å². The normalized spacial score (nSPS) is 19.2. The van der Waals surface area contributed by atoms with Crippen molar-refractivity contribution in [2.45, 2.75) is 37.1 Å². The second-order valence-corrected chi connectivity index (χ2v) is 7.87. The predicted octanol–water partition coefficient (Wildman–Crippen LogP) is 5.19. The van der Waals surface area contributed by atoms with Crippen molar-refractivity contribution in [3.63, 3.8) is 0 Å². The Kier molecular flexibility index (Phi) is 6.61. The number of nitrogens with zero attached hydrogens (tertiary/aromatic N) is 2. The molecule has 184 valence electrons. The molecule has 1 aliphatic heterocycles. The van der Waals surface area contributed by atoms with Crippen molar-refractivity contribution in [1.29, 1.82) is 0 Å². The van der Waals surface area contributed by atoms with Crippen molar-refractivity contribution in [3.05, 3.63) is 64.7 Å². The van der Waals surface area contributed by atoms with Gasteiger partial charge in [0, 0.05) is 11.4 Å². The van der Waals surface area contributed by atoms with Gasteiger partial charge >= 0.3 is 18.0 Å². The molecule has 13 heteroatoms. The Morgan fingerprint density at radius 2 is 1.74 bits per heavy atom. The van der Waals surface area contributed by atoms with Crippen LogP contribution >= 0.6 is 11.6 Å². The van der Waals surface area contributed by atoms with Gasteiger partial charge in [-0.05, 0) is 36.2 Å². The van der Waals surface area contributed by atoms with Crippen LogP contribution in [0.1, 0.15) is 17.5 Å². The second-order valence-electron chi connectivity index (χ2n) is 7.46. The first kappa shape index (κ1) is 25.8. The number of halogens is 8. The smallest absolute Gasteiger partial charge is 0.460 e. The number of aryl methyl sites for hydroxylation is 1. The lowest BCUT2D eigenvalue weighted by atomic mass is 9.91. The third-order valence-electron chi connectivity index (χ3n) is 5.07. The minimum Gasteiger partial charge on any atom is -0.484 e. The molecule has 0 unspecified atom stereocenters. The summed E-state index contributed by atoms with van der Waals surface area (Å²) in [7, 11) is 0. The summed E-state index contributed by atoms with van der Waals surface area (Å²) in [5.41, 5.74) is -4.30. The van der Waals surface area contributed by atoms with Crippen LogP contribution in [-0.2, 0) is 4.79 Å². The molecular weight excluding hydrogens is 497 g/mol. The summed E-state index contributed by atoms with van der Waals surface area (Å²) in [5, 5.41) is 13.9. The number of aliphatic hydroxyl groups is 1. The van der Waals surface area contributed by atoms with Gasteiger partial charge in [0.2, 0.25) is 5.72 Å². The molecule has 1 heterocycles. The number of alkyl halides is 7. The van der Waals surface area contributed by atoms with E-state index < -0.39 is 53.4 Å². The van der Waals surface area contributed by atoms with Gasteiger partial charge in [0.15, 0.2) is 6.61 Å². The molecular formula is C21H16ClF7N2O3. The number of hydrogen-bond acceptors (Lipinski definition) is 4. The molecule has 1 atom stereocenters. The highest BCUT2D eigenvalue weighted by Crippen LogP contribution is 2.54. The lowest BCUT2D eigenvalue weighted by Gasteiger charge is -2.41. The van der Waals surface area contributed by atoms with Crippen LogP contribution in [0, 0.1) is 6.92 Å². The van der Waals surface area contributed by atoms with Crippen LogP contribution in [0.4, 0.5) is 30.7 Å². The lowest BCUT2D eigenvalue weighted by Crippen LogP contribution is -2.69. The third-order valence-corrected chi connectivity index (χ3v) is 5.50. The zero-order valence-corrected chi connectivity index (χ0v) is 18.0. The SMILES string of the molecule is Cc1cc(OCC(=O)N2N=C(c3ccccc3)C[C@]2(O)C(F)(F)C(F)(F)C(F)(F)F)ccc1Cl. The Morgan fingerprint density at radius 1 is 1.12 bits per heavy atom. The van der Waals surface area contributed by atoms with E-state index in [1.165, 1.54) is 48.5 Å². The number of hydrogen-bond donors (Lipinski definition) is 1. The molecule has 3 rings (SSSR count). The molecule has 0 spiro atoms. The van der Waals surface area contributed by atoms with E-state index in [9.17, 15) is 40.6 Å². The third kappa shape index (κ3) is 4.31. The van der Waals surface area contributed by atoms with E-state index in [1.807, 2.05) is 0 Å². The van der Waals surface area contributed by atoms with Crippen LogP contribution in [0.5, 0.6) is 5.75 Å². The van der Waals surface area contributed by atoms with Crippen LogP contribution in [-0.4, -0.2) is 52.1 Å². The molecule has 0 aliphatic carbocycles. The molecule has 5 nitrogen and oxygen atoms in total. The maximum absolute atomic E-state index is 14.7. The van der Waals surface area contributed by atoms with E-state index in [2.05, 4.69) is 5.10 Å². The molecule has 34 heavy (non-hydrogen) atoms. The maximum Gasteiger partial charge on any atom is 0.460 e. The number of benzene rings is 2. The van der Waals surface area contributed by atoms with E-state index in [0.717, 1.165) is 0 Å². The topological polar surface area (TPSA) is 62.1 Å². The standard InChI is InChI=1S/C21H16ClF7N2O3/c1-12-9-14(7-8-15(12)22)34-11-17(32)31-18(33,19(23,24)20(25,26)21(27,28)29)10-16(30-31)13-5-3-2-4-6-13/h2-9,33H,10-11H2,1H3/t18-/m0/s1. The van der Waals surface area contributed by atoms with Gasteiger partial charge in [0.1, 0.15) is 5.75 Å². The number of rotatable bonds is 6. The Morgan fingerprint density at radius 3 is 2.29 bits per heavy atom. The fourth-order valence-corrected chi connectivity index (χ4v) is 3.30. The van der Waals surface area contributed by atoms with Crippen molar-refractivity contribution in [1.82, 2.24) is 5.01 Å². The first-order chi connectivity index (χ1) is 15.6. The number of carbonyl (C=O) groups is 1. The van der Waals surface area contributed by atoms with Crippen molar-refractivity contribution >= 4 is 23.2 Å². The molecule has 2 aromatic rings. The molecule has 1 N–H and O–H groups in total. The molecule has 1 aliphatic rings. The van der Waals surface area contributed by atoms with Crippen LogP contribution in [0.2, 0.25) is 5.02 Å². The largest absolute Gasteiger partial charge is 0.484 e. The first-order valence-electron chi connectivity index (χ1n) is 9.51. The van der Waals surface area contributed by atoms with Gasteiger partial charge in [-0.1, -0.05) is 41.9 Å². The monoisotopic (exact) mass is 512 g/mol. The van der Waals surface area contributed by atoms with Crippen LogP contribution in [0.3, 0.4) is 0 Å². The summed E-state index contributed by atoms with van der Waals surface area (Å²) in [4.78, 5) is 12.6. The fraction of sp³-hybridized carbons (Fsp3) is 0.333. The predicted molar refractivity (Wildman–Crippen MR) is 107 cm³/mol. The Bertz CT molecular complexity index is 1110. The highest BCUT2D eigenvalue weighted by Gasteiger charge is 2.82. The molecule has 0 saturated heterocycles. The zero-order valence-electron chi connectivity index (χ0n) is 17.2. The average Bonchev–Trinajstić information content (AvgIpc) is 3.13. The molecule has 0 aromatic heterocycles. The molecule has 0 bridgehead atoms. The minimum atomic E-state index is -6.73. The molecule has 2 aromatic carbocycles. The number of carbonyl (C=O) groups excluding carboxylic acids is 1. The van der Waals surface area contributed by atoms with E-state index in [0.29, 0.717) is 10.6 Å². The fourth-order valence-electron chi connectivity index (χ4n) is 3.19. The number of ether oxygens (including phenoxy) is 1. The van der Waals surface area contributed by atoms with E-state index >= 15 is 0 Å². The molecule has 0 fully saturated rings. The first-order valence-corrected chi connectivity index (χ1v) is 9.89. The highest BCUT2D eigenvalue weighted by molar-refractivity contribution is 6.31.